The number of hydrogen-bond acceptors (Lipinski definition) is 6. The number of carbonyl (C=O) groups excluding carboxylic acids is 1. The maximum absolute atomic E-state index is 13.2. The number of halogens is 1. The Morgan fingerprint density at radius 2 is 1.79 bits per heavy atom. The summed E-state index contributed by atoms with van der Waals surface area (Å²) in [5.74, 6) is 0.421. The third kappa shape index (κ3) is 5.53. The van der Waals surface area contributed by atoms with Crippen molar-refractivity contribution in [3.8, 4) is 22.8 Å². The summed E-state index contributed by atoms with van der Waals surface area (Å²) in [5.41, 5.74) is 2.90. The van der Waals surface area contributed by atoms with Crippen molar-refractivity contribution >= 4 is 22.4 Å². The predicted octanol–water partition coefficient (Wildman–Crippen LogP) is 5.88. The third-order valence-electron chi connectivity index (χ3n) is 4.78. The number of nitrogens with zero attached hydrogens (tertiary/aromatic N) is 2. The number of nitrogens with one attached hydrogen (secondary N) is 1. The molecule has 6 nitrogen and oxygen atoms in total. The number of aryl methyl sites for hydroxylation is 1. The van der Waals surface area contributed by atoms with E-state index in [1.165, 1.54) is 23.5 Å². The van der Waals surface area contributed by atoms with Crippen LogP contribution in [0.2, 0.25) is 0 Å². The number of amides is 1. The van der Waals surface area contributed by atoms with E-state index in [1.807, 2.05) is 26.0 Å². The average molecular weight is 464 g/mol. The largest absolute Gasteiger partial charge is 0.490 e. The Balaban J connectivity index is 1.49. The minimum absolute atomic E-state index is 0.307. The molecule has 0 spiro atoms. The molecule has 1 N–H and O–H groups in total. The third-order valence-corrected chi connectivity index (χ3v) is 5.67. The topological polar surface area (TPSA) is 73.3 Å². The second-order valence-electron chi connectivity index (χ2n) is 7.12. The van der Waals surface area contributed by atoms with Crippen LogP contribution in [-0.2, 0) is 6.61 Å². The molecule has 2 aromatic heterocycles. The molecule has 2 heterocycles. The van der Waals surface area contributed by atoms with Crippen molar-refractivity contribution in [3.05, 3.63) is 88.8 Å². The van der Waals surface area contributed by atoms with Crippen LogP contribution in [-0.4, -0.2) is 22.5 Å². The van der Waals surface area contributed by atoms with E-state index in [2.05, 4.69) is 15.3 Å². The summed E-state index contributed by atoms with van der Waals surface area (Å²) in [6, 6.07) is 14.9. The Bertz CT molecular complexity index is 1240. The molecule has 0 saturated heterocycles. The van der Waals surface area contributed by atoms with Gasteiger partial charge in [0.2, 0.25) is 0 Å². The zero-order valence-corrected chi connectivity index (χ0v) is 19.0. The summed E-state index contributed by atoms with van der Waals surface area (Å²) < 4.78 is 24.8. The predicted molar refractivity (Wildman–Crippen MR) is 126 cm³/mol. The Hall–Kier alpha value is -3.78. The van der Waals surface area contributed by atoms with Gasteiger partial charge in [0.25, 0.3) is 5.91 Å². The van der Waals surface area contributed by atoms with Gasteiger partial charge in [-0.15, -0.1) is 11.3 Å². The second kappa shape index (κ2) is 10.2. The molecule has 0 unspecified atom stereocenters. The van der Waals surface area contributed by atoms with Crippen LogP contribution < -0.4 is 14.8 Å². The Labute approximate surface area is 195 Å². The van der Waals surface area contributed by atoms with Gasteiger partial charge >= 0.3 is 0 Å². The molecule has 2 aromatic carbocycles. The first-order valence-corrected chi connectivity index (χ1v) is 11.2. The first-order valence-electron chi connectivity index (χ1n) is 10.4. The molecule has 33 heavy (non-hydrogen) atoms. The lowest BCUT2D eigenvalue weighted by Crippen LogP contribution is -2.12. The molecular formula is C25H22FN3O3S. The zero-order chi connectivity index (χ0) is 23.2. The Morgan fingerprint density at radius 1 is 1.03 bits per heavy atom. The number of rotatable bonds is 8. The highest BCUT2D eigenvalue weighted by Gasteiger charge is 2.16. The molecule has 8 heteroatoms. The maximum Gasteiger partial charge on any atom is 0.257 e. The quantitative estimate of drug-likeness (QED) is 0.353. The first kappa shape index (κ1) is 22.4. The van der Waals surface area contributed by atoms with Gasteiger partial charge in [-0.3, -0.25) is 15.1 Å². The van der Waals surface area contributed by atoms with Crippen LogP contribution in [0.5, 0.6) is 11.5 Å². The minimum atomic E-state index is -0.309. The highest BCUT2D eigenvalue weighted by Crippen LogP contribution is 2.32. The zero-order valence-electron chi connectivity index (χ0n) is 18.2. The number of ether oxygens (including phenoxy) is 2. The monoisotopic (exact) mass is 463 g/mol. The fourth-order valence-corrected chi connectivity index (χ4v) is 4.00. The van der Waals surface area contributed by atoms with E-state index in [4.69, 9.17) is 9.47 Å². The van der Waals surface area contributed by atoms with Crippen LogP contribution in [0.15, 0.2) is 67.0 Å². The fourth-order valence-electron chi connectivity index (χ4n) is 3.17. The fraction of sp³-hybridized carbons (Fsp3) is 0.160. The van der Waals surface area contributed by atoms with Gasteiger partial charge in [-0.25, -0.2) is 9.37 Å². The number of thiazole rings is 1. The molecule has 0 atom stereocenters. The highest BCUT2D eigenvalue weighted by molar-refractivity contribution is 7.16. The van der Waals surface area contributed by atoms with Crippen LogP contribution in [0.25, 0.3) is 11.3 Å². The molecule has 0 bridgehead atoms. The molecule has 168 valence electrons. The maximum atomic E-state index is 13.2. The molecule has 0 fully saturated rings. The number of aromatic nitrogens is 2. The van der Waals surface area contributed by atoms with Gasteiger partial charge in [0.05, 0.1) is 12.3 Å². The lowest BCUT2D eigenvalue weighted by atomic mass is 10.1. The van der Waals surface area contributed by atoms with Crippen molar-refractivity contribution in [1.82, 2.24) is 9.97 Å². The van der Waals surface area contributed by atoms with Gasteiger partial charge in [-0.05, 0) is 74.0 Å². The molecule has 0 radical (unpaired) electrons. The van der Waals surface area contributed by atoms with E-state index >= 15 is 0 Å². The van der Waals surface area contributed by atoms with Gasteiger partial charge in [-0.2, -0.15) is 0 Å². The summed E-state index contributed by atoms with van der Waals surface area (Å²) in [4.78, 5) is 22.3. The van der Waals surface area contributed by atoms with Crippen molar-refractivity contribution in [1.29, 1.82) is 0 Å². The normalized spacial score (nSPS) is 10.6. The van der Waals surface area contributed by atoms with Crippen molar-refractivity contribution in [2.45, 2.75) is 20.5 Å². The number of carbonyl (C=O) groups is 1. The van der Waals surface area contributed by atoms with Crippen LogP contribution in [0.3, 0.4) is 0 Å². The number of benzene rings is 2. The van der Waals surface area contributed by atoms with Crippen molar-refractivity contribution in [2.75, 3.05) is 11.9 Å². The van der Waals surface area contributed by atoms with Crippen molar-refractivity contribution in [2.24, 2.45) is 0 Å². The molecular weight excluding hydrogens is 441 g/mol. The molecule has 0 aliphatic rings. The lowest BCUT2D eigenvalue weighted by Gasteiger charge is -2.13. The highest BCUT2D eigenvalue weighted by atomic mass is 32.1. The minimum Gasteiger partial charge on any atom is -0.490 e. The summed E-state index contributed by atoms with van der Waals surface area (Å²) in [6.07, 6.45) is 3.41. The summed E-state index contributed by atoms with van der Waals surface area (Å²) in [5, 5.41) is 3.30. The van der Waals surface area contributed by atoms with Gasteiger partial charge in [0.15, 0.2) is 16.6 Å². The molecule has 0 aliphatic carbocycles. The van der Waals surface area contributed by atoms with Crippen LogP contribution in [0.4, 0.5) is 9.52 Å². The molecule has 4 rings (SSSR count). The van der Waals surface area contributed by atoms with E-state index in [0.717, 1.165) is 16.0 Å². The average Bonchev–Trinajstić information content (AvgIpc) is 3.19. The molecule has 1 amide bonds. The summed E-state index contributed by atoms with van der Waals surface area (Å²) in [6.45, 7) is 4.57. The number of anilines is 1. The van der Waals surface area contributed by atoms with Crippen LogP contribution >= 0.6 is 11.3 Å². The number of hydrogen-bond donors (Lipinski definition) is 1. The van der Waals surface area contributed by atoms with Gasteiger partial charge in [0.1, 0.15) is 12.4 Å². The van der Waals surface area contributed by atoms with E-state index in [9.17, 15) is 9.18 Å². The van der Waals surface area contributed by atoms with Crippen LogP contribution in [0, 0.1) is 12.7 Å². The SMILES string of the molecule is CCOc1cc(C(=O)Nc2nc(-c3ccc(F)cc3)c(C)s2)ccc1OCc1ccncc1. The van der Waals surface area contributed by atoms with E-state index in [-0.39, 0.29) is 11.7 Å². The van der Waals surface area contributed by atoms with Gasteiger partial charge in [-0.1, -0.05) is 0 Å². The van der Waals surface area contributed by atoms with E-state index in [1.54, 1.807) is 42.7 Å². The Morgan fingerprint density at radius 3 is 2.52 bits per heavy atom. The van der Waals surface area contributed by atoms with Crippen LogP contribution in [0.1, 0.15) is 27.7 Å². The standard InChI is InChI=1S/C25H22FN3O3S/c1-3-31-22-14-19(6-9-21(22)32-15-17-10-12-27-13-11-17)24(30)29-25-28-23(16(2)33-25)18-4-7-20(26)8-5-18/h4-14H,3,15H2,1-2H3,(H,28,29,30). The summed E-state index contributed by atoms with van der Waals surface area (Å²) in [7, 11) is 0. The van der Waals surface area contributed by atoms with Crippen molar-refractivity contribution in [3.63, 3.8) is 0 Å². The van der Waals surface area contributed by atoms with Crippen molar-refractivity contribution < 1.29 is 18.7 Å². The van der Waals surface area contributed by atoms with Gasteiger partial charge < -0.3 is 9.47 Å². The smallest absolute Gasteiger partial charge is 0.257 e. The number of pyridine rings is 1. The molecule has 0 aliphatic heterocycles. The van der Waals surface area contributed by atoms with E-state index in [0.29, 0.717) is 41.1 Å². The van der Waals surface area contributed by atoms with Gasteiger partial charge in [0, 0.05) is 28.4 Å². The molecule has 0 saturated carbocycles. The van der Waals surface area contributed by atoms with E-state index < -0.39 is 0 Å². The first-order chi connectivity index (χ1) is 16.0. The Kier molecular flexibility index (Phi) is 6.95. The second-order valence-corrected chi connectivity index (χ2v) is 8.33. The lowest BCUT2D eigenvalue weighted by molar-refractivity contribution is 0.102. The summed E-state index contributed by atoms with van der Waals surface area (Å²) >= 11 is 1.36. The molecule has 4 aromatic rings.